The SMILES string of the molecule is CC1C[C@H]2[C@@H]3CCC4=CC(=O)C=C[C@]4(C)[C@@]3(F)CC[C@]2(C)[C@H]1C(=O)C(O)(O)O. The summed E-state index contributed by atoms with van der Waals surface area (Å²) in [4.78, 5) is 24.4. The van der Waals surface area contributed by atoms with Gasteiger partial charge in [0.05, 0.1) is 0 Å². The van der Waals surface area contributed by atoms with Gasteiger partial charge in [0.25, 0.3) is 0 Å². The predicted octanol–water partition coefficient (Wildman–Crippen LogP) is 2.45. The number of fused-ring (bicyclic) bond motifs is 5. The minimum Gasteiger partial charge on any atom is -0.337 e. The van der Waals surface area contributed by atoms with Gasteiger partial charge in [0, 0.05) is 11.3 Å². The summed E-state index contributed by atoms with van der Waals surface area (Å²) in [5.74, 6) is -5.72. The minimum absolute atomic E-state index is 0.0954. The molecule has 0 aromatic heterocycles. The molecule has 1 unspecified atom stereocenters. The number of aliphatic hydroxyl groups is 3. The van der Waals surface area contributed by atoms with E-state index in [1.807, 2.05) is 20.8 Å². The lowest BCUT2D eigenvalue weighted by atomic mass is 9.46. The summed E-state index contributed by atoms with van der Waals surface area (Å²) in [6, 6.07) is 0. The number of halogens is 1. The van der Waals surface area contributed by atoms with Crippen LogP contribution in [-0.2, 0) is 9.59 Å². The van der Waals surface area contributed by atoms with Crippen LogP contribution in [0.15, 0.2) is 23.8 Å². The largest absolute Gasteiger partial charge is 0.339 e. The molecule has 3 saturated carbocycles. The van der Waals surface area contributed by atoms with E-state index in [4.69, 9.17) is 0 Å². The summed E-state index contributed by atoms with van der Waals surface area (Å²) in [5, 5.41) is 28.5. The summed E-state index contributed by atoms with van der Waals surface area (Å²) in [7, 11) is 0. The van der Waals surface area contributed by atoms with Crippen molar-refractivity contribution in [3.63, 3.8) is 0 Å². The fourth-order valence-electron chi connectivity index (χ4n) is 7.22. The molecule has 7 atom stereocenters. The van der Waals surface area contributed by atoms with Crippen molar-refractivity contribution in [2.24, 2.45) is 34.5 Å². The van der Waals surface area contributed by atoms with Gasteiger partial charge in [0.2, 0.25) is 5.78 Å². The molecule has 4 aliphatic carbocycles. The maximum absolute atomic E-state index is 16.7. The number of carbonyl (C=O) groups excluding carboxylic acids is 2. The van der Waals surface area contributed by atoms with Gasteiger partial charge in [-0.15, -0.1) is 0 Å². The molecule has 154 valence electrons. The highest BCUT2D eigenvalue weighted by molar-refractivity contribution is 6.01. The summed E-state index contributed by atoms with van der Waals surface area (Å²) in [6.07, 6.45) is 7.28. The minimum atomic E-state index is -3.36. The van der Waals surface area contributed by atoms with Crippen LogP contribution in [0.25, 0.3) is 0 Å². The van der Waals surface area contributed by atoms with E-state index in [0.717, 1.165) is 5.57 Å². The van der Waals surface area contributed by atoms with Crippen molar-refractivity contribution in [2.45, 2.75) is 64.5 Å². The lowest BCUT2D eigenvalue weighted by Gasteiger charge is -2.60. The van der Waals surface area contributed by atoms with E-state index in [9.17, 15) is 24.9 Å². The lowest BCUT2D eigenvalue weighted by molar-refractivity contribution is -0.292. The normalized spacial score (nSPS) is 47.8. The number of ketones is 2. The van der Waals surface area contributed by atoms with E-state index in [0.29, 0.717) is 25.7 Å². The molecule has 28 heavy (non-hydrogen) atoms. The molecular formula is C22H29FO5. The zero-order valence-electron chi connectivity index (χ0n) is 16.6. The van der Waals surface area contributed by atoms with Gasteiger partial charge in [-0.25, -0.2) is 4.39 Å². The number of carbonyl (C=O) groups is 2. The van der Waals surface area contributed by atoms with Gasteiger partial charge < -0.3 is 15.3 Å². The Kier molecular flexibility index (Phi) is 4.15. The molecule has 3 fully saturated rings. The number of allylic oxidation sites excluding steroid dienone is 4. The van der Waals surface area contributed by atoms with Crippen LogP contribution in [0.5, 0.6) is 0 Å². The number of Topliss-reactive ketones (excluding diaryl/α,β-unsaturated/α-hetero) is 1. The Morgan fingerprint density at radius 3 is 2.54 bits per heavy atom. The Bertz CT molecular complexity index is 795. The average molecular weight is 392 g/mol. The second-order valence-electron chi connectivity index (χ2n) is 9.92. The highest BCUT2D eigenvalue weighted by atomic mass is 19.1. The third kappa shape index (κ3) is 2.40. The summed E-state index contributed by atoms with van der Waals surface area (Å²) < 4.78 is 16.7. The fourth-order valence-corrected chi connectivity index (χ4v) is 7.22. The van der Waals surface area contributed by atoms with Gasteiger partial charge >= 0.3 is 5.97 Å². The zero-order chi connectivity index (χ0) is 20.7. The van der Waals surface area contributed by atoms with Crippen LogP contribution < -0.4 is 0 Å². The first-order chi connectivity index (χ1) is 12.8. The van der Waals surface area contributed by atoms with Gasteiger partial charge in [0.15, 0.2) is 5.78 Å². The Labute approximate surface area is 164 Å². The monoisotopic (exact) mass is 392 g/mol. The van der Waals surface area contributed by atoms with E-state index in [1.165, 1.54) is 6.08 Å². The van der Waals surface area contributed by atoms with E-state index < -0.39 is 34.2 Å². The molecule has 3 N–H and O–H groups in total. The van der Waals surface area contributed by atoms with Gasteiger partial charge in [-0.1, -0.05) is 25.5 Å². The molecule has 0 heterocycles. The lowest BCUT2D eigenvalue weighted by Crippen LogP contribution is -2.60. The molecular weight excluding hydrogens is 363 g/mol. The van der Waals surface area contributed by atoms with Crippen LogP contribution >= 0.6 is 0 Å². The number of rotatable bonds is 2. The topological polar surface area (TPSA) is 94.8 Å². The molecule has 4 rings (SSSR count). The standard InChI is InChI=1S/C22H29FO5/c1-12-10-16-15-5-4-13-11-14(24)6-7-20(13,3)21(15,23)9-8-19(16,2)17(12)18(25)22(26,27)28/h6-7,11-12,15-17,26-28H,4-5,8-10H2,1-3H3/t12?,15-,16-,17+,19-,20-,21+/m0/s1. The third-order valence-electron chi connectivity index (χ3n) is 8.62. The van der Waals surface area contributed by atoms with Crippen LogP contribution in [0.4, 0.5) is 4.39 Å². The van der Waals surface area contributed by atoms with E-state index in [1.54, 1.807) is 12.2 Å². The molecule has 5 nitrogen and oxygen atoms in total. The van der Waals surface area contributed by atoms with Crippen LogP contribution in [0.3, 0.4) is 0 Å². The van der Waals surface area contributed by atoms with Crippen molar-refractivity contribution in [1.29, 1.82) is 0 Å². The smallest absolute Gasteiger partial charge is 0.337 e. The predicted molar refractivity (Wildman–Crippen MR) is 99.4 cm³/mol. The second kappa shape index (κ2) is 5.83. The fraction of sp³-hybridized carbons (Fsp3) is 0.727. The molecule has 0 aromatic carbocycles. The molecule has 0 radical (unpaired) electrons. The summed E-state index contributed by atoms with van der Waals surface area (Å²) in [6.45, 7) is 5.67. The van der Waals surface area contributed by atoms with Gasteiger partial charge in [0.1, 0.15) is 5.67 Å². The van der Waals surface area contributed by atoms with Gasteiger partial charge in [-0.05, 0) is 74.3 Å². The summed E-state index contributed by atoms with van der Waals surface area (Å²) >= 11 is 0. The molecule has 0 aliphatic heterocycles. The second-order valence-corrected chi connectivity index (χ2v) is 9.92. The first-order valence-electron chi connectivity index (χ1n) is 10.2. The molecule has 0 amide bonds. The van der Waals surface area contributed by atoms with Gasteiger partial charge in [-0.3, -0.25) is 9.59 Å². The molecule has 0 saturated heterocycles. The third-order valence-corrected chi connectivity index (χ3v) is 8.62. The first kappa shape index (κ1) is 19.9. The van der Waals surface area contributed by atoms with E-state index in [-0.39, 0.29) is 30.0 Å². The highest BCUT2D eigenvalue weighted by Crippen LogP contribution is 2.69. The number of hydrogen-bond donors (Lipinski definition) is 3. The van der Waals surface area contributed by atoms with Crippen LogP contribution in [0, 0.1) is 34.5 Å². The van der Waals surface area contributed by atoms with Crippen molar-refractivity contribution in [1.82, 2.24) is 0 Å². The molecule has 4 aliphatic rings. The van der Waals surface area contributed by atoms with Crippen molar-refractivity contribution in [3.05, 3.63) is 23.8 Å². The Balaban J connectivity index is 1.74. The zero-order valence-corrected chi connectivity index (χ0v) is 16.6. The van der Waals surface area contributed by atoms with E-state index in [2.05, 4.69) is 0 Å². The highest BCUT2D eigenvalue weighted by Gasteiger charge is 2.69. The molecule has 0 bridgehead atoms. The first-order valence-corrected chi connectivity index (χ1v) is 10.2. The number of hydrogen-bond acceptors (Lipinski definition) is 5. The van der Waals surface area contributed by atoms with Crippen molar-refractivity contribution >= 4 is 11.6 Å². The molecule has 0 aromatic rings. The maximum atomic E-state index is 16.7. The van der Waals surface area contributed by atoms with Crippen LogP contribution in [0.1, 0.15) is 52.9 Å². The Morgan fingerprint density at radius 1 is 1.21 bits per heavy atom. The van der Waals surface area contributed by atoms with Crippen molar-refractivity contribution in [3.8, 4) is 0 Å². The maximum Gasteiger partial charge on any atom is 0.339 e. The Hall–Kier alpha value is -1.37. The molecule has 6 heteroatoms. The molecule has 0 spiro atoms. The van der Waals surface area contributed by atoms with Crippen molar-refractivity contribution < 1.29 is 29.3 Å². The quantitative estimate of drug-likeness (QED) is 0.628. The van der Waals surface area contributed by atoms with Gasteiger partial charge in [-0.2, -0.15) is 0 Å². The number of alkyl halides is 1. The van der Waals surface area contributed by atoms with Crippen molar-refractivity contribution in [2.75, 3.05) is 0 Å². The Morgan fingerprint density at radius 2 is 1.89 bits per heavy atom. The summed E-state index contributed by atoms with van der Waals surface area (Å²) in [5.41, 5.74) is -2.08. The van der Waals surface area contributed by atoms with Crippen LogP contribution in [-0.4, -0.2) is 38.5 Å². The van der Waals surface area contributed by atoms with Crippen LogP contribution in [0.2, 0.25) is 0 Å². The average Bonchev–Trinajstić information content (AvgIpc) is 2.85. The van der Waals surface area contributed by atoms with E-state index >= 15 is 4.39 Å².